The maximum Gasteiger partial charge on any atom is 0.345 e. The van der Waals surface area contributed by atoms with Gasteiger partial charge in [0.25, 0.3) is 5.56 Å². The molecule has 1 heterocycles. The van der Waals surface area contributed by atoms with E-state index in [1.807, 2.05) is 69.3 Å². The van der Waals surface area contributed by atoms with E-state index in [2.05, 4.69) is 0 Å². The van der Waals surface area contributed by atoms with Crippen LogP contribution in [0.2, 0.25) is 0 Å². The molecule has 0 bridgehead atoms. The van der Waals surface area contributed by atoms with E-state index in [-0.39, 0.29) is 5.56 Å². The monoisotopic (exact) mass is 383 g/mol. The van der Waals surface area contributed by atoms with Crippen LogP contribution in [0.3, 0.4) is 0 Å². The van der Waals surface area contributed by atoms with E-state index in [1.165, 1.54) is 4.57 Å². The lowest BCUT2D eigenvalue weighted by molar-refractivity contribution is 0.0736. The Balaban J connectivity index is 1.86. The number of hydrogen-bond acceptors (Lipinski definition) is 3. The number of fused-ring (bicyclic) bond motifs is 1. The van der Waals surface area contributed by atoms with Crippen molar-refractivity contribution in [1.29, 1.82) is 0 Å². The lowest BCUT2D eigenvalue weighted by Crippen LogP contribution is -2.22. The summed E-state index contributed by atoms with van der Waals surface area (Å²) in [5.74, 6) is -0.00303. The van der Waals surface area contributed by atoms with Crippen molar-refractivity contribution in [3.63, 3.8) is 0 Å². The number of esters is 1. The highest BCUT2D eigenvalue weighted by molar-refractivity contribution is 6.04. The second-order valence-electron chi connectivity index (χ2n) is 7.31. The SMILES string of the molecule is Cc1ccc(-n2cc(C(=O)Oc3cc(C)cc(C)c3)c3ccccc3c2=O)cc1. The van der Waals surface area contributed by atoms with Gasteiger partial charge in [-0.1, -0.05) is 42.0 Å². The van der Waals surface area contributed by atoms with Crippen LogP contribution in [0.1, 0.15) is 27.0 Å². The number of carbonyl (C=O) groups is 1. The molecule has 4 aromatic rings. The van der Waals surface area contributed by atoms with Crippen LogP contribution in [0.15, 0.2) is 77.7 Å². The molecule has 1 aromatic heterocycles. The van der Waals surface area contributed by atoms with Gasteiger partial charge in [-0.15, -0.1) is 0 Å². The van der Waals surface area contributed by atoms with Crippen molar-refractivity contribution in [2.24, 2.45) is 0 Å². The van der Waals surface area contributed by atoms with Gasteiger partial charge in [0.2, 0.25) is 0 Å². The minimum Gasteiger partial charge on any atom is -0.423 e. The van der Waals surface area contributed by atoms with Crippen LogP contribution in [0, 0.1) is 20.8 Å². The van der Waals surface area contributed by atoms with Crippen LogP contribution in [-0.4, -0.2) is 10.5 Å². The number of rotatable bonds is 3. The number of aryl methyl sites for hydroxylation is 3. The third-order valence-electron chi connectivity index (χ3n) is 4.86. The summed E-state index contributed by atoms with van der Waals surface area (Å²) in [6.45, 7) is 5.90. The molecule has 144 valence electrons. The first kappa shape index (κ1) is 18.7. The molecule has 0 amide bonds. The maximum absolute atomic E-state index is 13.1. The topological polar surface area (TPSA) is 48.3 Å². The highest BCUT2D eigenvalue weighted by Crippen LogP contribution is 2.22. The summed E-state index contributed by atoms with van der Waals surface area (Å²) < 4.78 is 7.17. The Morgan fingerprint density at radius 2 is 1.41 bits per heavy atom. The number of ether oxygens (including phenoxy) is 1. The second-order valence-corrected chi connectivity index (χ2v) is 7.31. The number of nitrogens with zero attached hydrogens (tertiary/aromatic N) is 1. The first-order valence-corrected chi connectivity index (χ1v) is 9.44. The molecule has 0 aliphatic rings. The summed E-state index contributed by atoms with van der Waals surface area (Å²) in [6, 6.07) is 20.4. The van der Waals surface area contributed by atoms with Crippen LogP contribution in [0.5, 0.6) is 5.75 Å². The summed E-state index contributed by atoms with van der Waals surface area (Å²) >= 11 is 0. The summed E-state index contributed by atoms with van der Waals surface area (Å²) in [6.07, 6.45) is 1.57. The molecule has 0 N–H and O–H groups in total. The van der Waals surface area contributed by atoms with E-state index in [0.717, 1.165) is 16.7 Å². The molecule has 4 rings (SSSR count). The normalized spacial score (nSPS) is 10.9. The van der Waals surface area contributed by atoms with Crippen LogP contribution in [-0.2, 0) is 0 Å². The quantitative estimate of drug-likeness (QED) is 0.364. The van der Waals surface area contributed by atoms with Crippen molar-refractivity contribution in [1.82, 2.24) is 4.57 Å². The van der Waals surface area contributed by atoms with Crippen molar-refractivity contribution in [2.45, 2.75) is 20.8 Å². The molecule has 0 atom stereocenters. The summed E-state index contributed by atoms with van der Waals surface area (Å²) in [4.78, 5) is 26.1. The summed E-state index contributed by atoms with van der Waals surface area (Å²) in [7, 11) is 0. The van der Waals surface area contributed by atoms with Gasteiger partial charge in [0, 0.05) is 22.7 Å². The molecule has 29 heavy (non-hydrogen) atoms. The van der Waals surface area contributed by atoms with Crippen LogP contribution in [0.25, 0.3) is 16.5 Å². The van der Waals surface area contributed by atoms with Crippen LogP contribution < -0.4 is 10.3 Å². The molecular formula is C25H21NO3. The van der Waals surface area contributed by atoms with Gasteiger partial charge in [-0.3, -0.25) is 9.36 Å². The fraction of sp³-hybridized carbons (Fsp3) is 0.120. The molecular weight excluding hydrogens is 362 g/mol. The Bertz CT molecular complexity index is 1260. The number of aromatic nitrogens is 1. The predicted molar refractivity (Wildman–Crippen MR) is 115 cm³/mol. The molecule has 0 spiro atoms. The Morgan fingerprint density at radius 1 is 0.793 bits per heavy atom. The van der Waals surface area contributed by atoms with E-state index in [1.54, 1.807) is 24.4 Å². The average Bonchev–Trinajstić information content (AvgIpc) is 2.68. The largest absolute Gasteiger partial charge is 0.423 e. The molecule has 0 saturated carbocycles. The first-order valence-electron chi connectivity index (χ1n) is 9.44. The Kier molecular flexibility index (Phi) is 4.77. The standard InChI is InChI=1S/C25H21NO3/c1-16-8-10-19(11-9-16)26-15-23(21-6-4-5-7-22(21)24(26)27)25(28)29-20-13-17(2)12-18(3)14-20/h4-15H,1-3H3. The van der Waals surface area contributed by atoms with E-state index >= 15 is 0 Å². The van der Waals surface area contributed by atoms with E-state index in [9.17, 15) is 9.59 Å². The molecule has 0 aliphatic heterocycles. The second kappa shape index (κ2) is 7.40. The zero-order valence-corrected chi connectivity index (χ0v) is 16.6. The van der Waals surface area contributed by atoms with Gasteiger partial charge in [0.15, 0.2) is 0 Å². The van der Waals surface area contributed by atoms with Crippen LogP contribution in [0.4, 0.5) is 0 Å². The van der Waals surface area contributed by atoms with Crippen molar-refractivity contribution in [3.05, 3.63) is 106 Å². The molecule has 4 heteroatoms. The third-order valence-corrected chi connectivity index (χ3v) is 4.86. The van der Waals surface area contributed by atoms with Crippen molar-refractivity contribution in [3.8, 4) is 11.4 Å². The number of pyridine rings is 1. The minimum absolute atomic E-state index is 0.174. The van der Waals surface area contributed by atoms with Gasteiger partial charge in [0.1, 0.15) is 5.75 Å². The van der Waals surface area contributed by atoms with Gasteiger partial charge < -0.3 is 4.74 Å². The van der Waals surface area contributed by atoms with E-state index in [0.29, 0.717) is 27.8 Å². The number of hydrogen-bond donors (Lipinski definition) is 0. The molecule has 3 aromatic carbocycles. The molecule has 0 fully saturated rings. The third kappa shape index (κ3) is 3.69. The zero-order valence-electron chi connectivity index (χ0n) is 16.6. The minimum atomic E-state index is -0.493. The summed E-state index contributed by atoms with van der Waals surface area (Å²) in [5.41, 5.74) is 4.00. The molecule has 0 saturated heterocycles. The van der Waals surface area contributed by atoms with Gasteiger partial charge in [-0.05, 0) is 62.2 Å². The van der Waals surface area contributed by atoms with Gasteiger partial charge in [-0.25, -0.2) is 4.79 Å². The van der Waals surface area contributed by atoms with Gasteiger partial charge >= 0.3 is 5.97 Å². The lowest BCUT2D eigenvalue weighted by Gasteiger charge is -2.13. The Hall–Kier alpha value is -3.66. The van der Waals surface area contributed by atoms with Crippen LogP contribution >= 0.6 is 0 Å². The molecule has 4 nitrogen and oxygen atoms in total. The fourth-order valence-corrected chi connectivity index (χ4v) is 3.51. The number of benzene rings is 3. The predicted octanol–water partition coefficient (Wildman–Crippen LogP) is 5.14. The first-order chi connectivity index (χ1) is 13.9. The smallest absolute Gasteiger partial charge is 0.345 e. The number of carbonyl (C=O) groups excluding carboxylic acids is 1. The fourth-order valence-electron chi connectivity index (χ4n) is 3.51. The van der Waals surface area contributed by atoms with Gasteiger partial charge in [-0.2, -0.15) is 0 Å². The molecule has 0 radical (unpaired) electrons. The maximum atomic E-state index is 13.1. The average molecular weight is 383 g/mol. The van der Waals surface area contributed by atoms with Gasteiger partial charge in [0.05, 0.1) is 5.56 Å². The van der Waals surface area contributed by atoms with Crippen molar-refractivity contribution >= 4 is 16.7 Å². The van der Waals surface area contributed by atoms with Crippen molar-refractivity contribution in [2.75, 3.05) is 0 Å². The summed E-state index contributed by atoms with van der Waals surface area (Å²) in [5, 5.41) is 1.05. The zero-order chi connectivity index (χ0) is 20.5. The van der Waals surface area contributed by atoms with E-state index < -0.39 is 5.97 Å². The Labute approximate surface area is 169 Å². The van der Waals surface area contributed by atoms with Crippen molar-refractivity contribution < 1.29 is 9.53 Å². The highest BCUT2D eigenvalue weighted by Gasteiger charge is 2.17. The highest BCUT2D eigenvalue weighted by atomic mass is 16.5. The lowest BCUT2D eigenvalue weighted by atomic mass is 10.1. The molecule has 0 aliphatic carbocycles. The molecule has 0 unspecified atom stereocenters. The Morgan fingerprint density at radius 3 is 2.07 bits per heavy atom. The van der Waals surface area contributed by atoms with E-state index in [4.69, 9.17) is 4.74 Å².